The lowest BCUT2D eigenvalue weighted by atomic mass is 9.77. The van der Waals surface area contributed by atoms with Gasteiger partial charge in [0.2, 0.25) is 18.3 Å². The van der Waals surface area contributed by atoms with Crippen molar-refractivity contribution in [3.63, 3.8) is 0 Å². The van der Waals surface area contributed by atoms with E-state index in [1.54, 1.807) is 27.4 Å². The van der Waals surface area contributed by atoms with Crippen molar-refractivity contribution >= 4 is 5.78 Å². The van der Waals surface area contributed by atoms with E-state index < -0.39 is 0 Å². The second-order valence-corrected chi connectivity index (χ2v) is 7.58. The van der Waals surface area contributed by atoms with Gasteiger partial charge in [-0.15, -0.1) is 0 Å². The Labute approximate surface area is 175 Å². The predicted molar refractivity (Wildman–Crippen MR) is 111 cm³/mol. The van der Waals surface area contributed by atoms with Crippen LogP contribution in [-0.2, 0) is 6.42 Å². The highest BCUT2D eigenvalue weighted by atomic mass is 16.7. The lowest BCUT2D eigenvalue weighted by Gasteiger charge is -2.29. The van der Waals surface area contributed by atoms with Gasteiger partial charge < -0.3 is 28.4 Å². The molecule has 0 radical (unpaired) electrons. The van der Waals surface area contributed by atoms with Crippen molar-refractivity contribution in [1.82, 2.24) is 0 Å². The van der Waals surface area contributed by atoms with Crippen LogP contribution in [0, 0.1) is 11.8 Å². The summed E-state index contributed by atoms with van der Waals surface area (Å²) in [6.45, 7) is 4.15. The Bertz CT molecular complexity index is 1010. The number of ketones is 1. The summed E-state index contributed by atoms with van der Waals surface area (Å²) < 4.78 is 34.0. The molecule has 30 heavy (non-hydrogen) atoms. The minimum absolute atomic E-state index is 0.0159. The first-order valence-corrected chi connectivity index (χ1v) is 9.83. The molecule has 0 aromatic heterocycles. The van der Waals surface area contributed by atoms with Crippen molar-refractivity contribution in [2.75, 3.05) is 35.2 Å². The fraction of sp³-hybridized carbons (Fsp3) is 0.435. The summed E-state index contributed by atoms with van der Waals surface area (Å²) in [7, 11) is 6.21. The molecule has 7 heteroatoms. The third-order valence-electron chi connectivity index (χ3n) is 6.06. The molecule has 4 rings (SSSR count). The van der Waals surface area contributed by atoms with Crippen molar-refractivity contribution < 1.29 is 33.2 Å². The van der Waals surface area contributed by atoms with Gasteiger partial charge in [-0.3, -0.25) is 4.79 Å². The fourth-order valence-electron chi connectivity index (χ4n) is 4.32. The van der Waals surface area contributed by atoms with E-state index in [4.69, 9.17) is 28.4 Å². The van der Waals surface area contributed by atoms with Crippen LogP contribution in [0.25, 0.3) is 11.1 Å². The number of benzene rings is 2. The number of methoxy groups -OCH3 is 4. The first-order chi connectivity index (χ1) is 14.5. The Morgan fingerprint density at radius 2 is 1.57 bits per heavy atom. The Hall–Kier alpha value is -3.09. The maximum absolute atomic E-state index is 13.5. The molecule has 2 aromatic carbocycles. The molecule has 7 nitrogen and oxygen atoms in total. The largest absolute Gasteiger partial charge is 0.493 e. The van der Waals surface area contributed by atoms with Crippen molar-refractivity contribution in [1.29, 1.82) is 0 Å². The monoisotopic (exact) mass is 414 g/mol. The second kappa shape index (κ2) is 7.63. The number of hydrogen-bond acceptors (Lipinski definition) is 7. The molecule has 0 spiro atoms. The van der Waals surface area contributed by atoms with Crippen LogP contribution in [0.15, 0.2) is 12.1 Å². The molecule has 0 bridgehead atoms. The molecule has 0 N–H and O–H groups in total. The number of fused-ring (bicyclic) bond motifs is 4. The summed E-state index contributed by atoms with van der Waals surface area (Å²) >= 11 is 0. The minimum atomic E-state index is -0.198. The zero-order chi connectivity index (χ0) is 21.6. The third kappa shape index (κ3) is 2.83. The van der Waals surface area contributed by atoms with Gasteiger partial charge >= 0.3 is 0 Å². The van der Waals surface area contributed by atoms with Crippen LogP contribution in [0.2, 0.25) is 0 Å². The van der Waals surface area contributed by atoms with E-state index in [0.29, 0.717) is 52.0 Å². The number of carbonyl (C=O) groups is 1. The quantitative estimate of drug-likeness (QED) is 0.745. The fourth-order valence-corrected chi connectivity index (χ4v) is 4.32. The zero-order valence-corrected chi connectivity index (χ0v) is 18.1. The van der Waals surface area contributed by atoms with Crippen molar-refractivity contribution in [3.05, 3.63) is 23.3 Å². The normalized spacial score (nSPS) is 19.3. The van der Waals surface area contributed by atoms with E-state index in [-0.39, 0.29) is 24.4 Å². The number of hydrogen-bond donors (Lipinski definition) is 0. The first-order valence-electron chi connectivity index (χ1n) is 9.83. The Morgan fingerprint density at radius 3 is 2.20 bits per heavy atom. The molecule has 1 aliphatic carbocycles. The highest BCUT2D eigenvalue weighted by Crippen LogP contribution is 2.56. The Morgan fingerprint density at radius 1 is 0.867 bits per heavy atom. The van der Waals surface area contributed by atoms with Gasteiger partial charge in [0.1, 0.15) is 0 Å². The molecule has 160 valence electrons. The van der Waals surface area contributed by atoms with E-state index in [1.807, 2.05) is 13.0 Å². The maximum atomic E-state index is 13.5. The smallest absolute Gasteiger partial charge is 0.231 e. The van der Waals surface area contributed by atoms with Gasteiger partial charge in [-0.05, 0) is 30.0 Å². The average Bonchev–Trinajstić information content (AvgIpc) is 3.23. The van der Waals surface area contributed by atoms with Gasteiger partial charge in [0, 0.05) is 22.6 Å². The molecular formula is C23H26O7. The van der Waals surface area contributed by atoms with Crippen molar-refractivity contribution in [2.24, 2.45) is 11.8 Å². The van der Waals surface area contributed by atoms with Crippen LogP contribution >= 0.6 is 0 Å². The van der Waals surface area contributed by atoms with Crippen LogP contribution < -0.4 is 28.4 Å². The van der Waals surface area contributed by atoms with Gasteiger partial charge in [-0.1, -0.05) is 13.8 Å². The number of carbonyl (C=O) groups excluding carboxylic acids is 1. The molecule has 0 saturated carbocycles. The van der Waals surface area contributed by atoms with E-state index in [9.17, 15) is 4.79 Å². The SMILES string of the molecule is COc1cc2c(c(OC)c1OC)-c1c(cc3c(c1OC)OCO3)CC(C)C(C)C2=O. The van der Waals surface area contributed by atoms with Crippen LogP contribution in [-0.4, -0.2) is 41.0 Å². The highest BCUT2D eigenvalue weighted by molar-refractivity contribution is 6.08. The summed E-state index contributed by atoms with van der Waals surface area (Å²) in [6.07, 6.45) is 0.673. The summed E-state index contributed by atoms with van der Waals surface area (Å²) in [5.74, 6) is 2.86. The average molecular weight is 414 g/mol. The van der Waals surface area contributed by atoms with Gasteiger partial charge in [0.05, 0.1) is 28.4 Å². The van der Waals surface area contributed by atoms with Crippen molar-refractivity contribution in [3.8, 4) is 45.6 Å². The highest BCUT2D eigenvalue weighted by Gasteiger charge is 2.37. The van der Waals surface area contributed by atoms with Crippen LogP contribution in [0.5, 0.6) is 34.5 Å². The minimum Gasteiger partial charge on any atom is -0.493 e. The molecular weight excluding hydrogens is 388 g/mol. The third-order valence-corrected chi connectivity index (χ3v) is 6.06. The predicted octanol–water partition coefficient (Wildman–Crippen LogP) is 4.13. The van der Waals surface area contributed by atoms with E-state index in [1.165, 1.54) is 7.11 Å². The number of Topliss-reactive ketones (excluding diaryl/α,β-unsaturated/α-hetero) is 1. The Kier molecular flexibility index (Phi) is 5.13. The topological polar surface area (TPSA) is 72.5 Å². The van der Waals surface area contributed by atoms with Gasteiger partial charge in [0.15, 0.2) is 28.8 Å². The van der Waals surface area contributed by atoms with Gasteiger partial charge in [-0.25, -0.2) is 0 Å². The van der Waals surface area contributed by atoms with Crippen LogP contribution in [0.1, 0.15) is 29.8 Å². The first kappa shape index (κ1) is 20.2. The Balaban J connectivity index is 2.18. The van der Waals surface area contributed by atoms with Crippen LogP contribution in [0.3, 0.4) is 0 Å². The molecule has 2 unspecified atom stereocenters. The molecule has 2 aromatic rings. The molecule has 0 amide bonds. The molecule has 1 heterocycles. The number of ether oxygens (including phenoxy) is 6. The maximum Gasteiger partial charge on any atom is 0.231 e. The molecule has 0 fully saturated rings. The summed E-state index contributed by atoms with van der Waals surface area (Å²) in [5, 5.41) is 0. The van der Waals surface area contributed by atoms with Gasteiger partial charge in [-0.2, -0.15) is 0 Å². The van der Waals surface area contributed by atoms with Crippen molar-refractivity contribution in [2.45, 2.75) is 20.3 Å². The molecule has 0 saturated heterocycles. The van der Waals surface area contributed by atoms with Crippen LogP contribution in [0.4, 0.5) is 0 Å². The van der Waals surface area contributed by atoms with Gasteiger partial charge in [0.25, 0.3) is 0 Å². The summed E-state index contributed by atoms with van der Waals surface area (Å²) in [4.78, 5) is 13.5. The van der Waals surface area contributed by atoms with E-state index in [0.717, 1.165) is 11.1 Å². The summed E-state index contributed by atoms with van der Waals surface area (Å²) in [5.41, 5.74) is 2.86. The lowest BCUT2D eigenvalue weighted by molar-refractivity contribution is 0.0892. The lowest BCUT2D eigenvalue weighted by Crippen LogP contribution is -2.24. The zero-order valence-electron chi connectivity index (χ0n) is 18.1. The molecule has 1 aliphatic heterocycles. The molecule has 2 atom stereocenters. The van der Waals surface area contributed by atoms with E-state index >= 15 is 0 Å². The van der Waals surface area contributed by atoms with E-state index in [2.05, 4.69) is 6.92 Å². The molecule has 2 aliphatic rings. The standard InChI is InChI=1S/C23H26O7/c1-11-7-13-8-16-21(30-10-29-16)22(27-5)17(13)18-14(19(24)12(11)2)9-15(25-3)20(26-4)23(18)28-6/h8-9,11-12H,7,10H2,1-6H3. The summed E-state index contributed by atoms with van der Waals surface area (Å²) in [6, 6.07) is 3.69. The second-order valence-electron chi connectivity index (χ2n) is 7.58. The number of rotatable bonds is 4.